The minimum Gasteiger partial charge on any atom is -0.330 e. The van der Waals surface area contributed by atoms with Crippen molar-refractivity contribution in [3.8, 4) is 0 Å². The van der Waals surface area contributed by atoms with Gasteiger partial charge in [0.05, 0.1) is 12.9 Å². The van der Waals surface area contributed by atoms with Crippen molar-refractivity contribution in [2.45, 2.75) is 20.4 Å². The van der Waals surface area contributed by atoms with Crippen LogP contribution in [0, 0.1) is 13.8 Å². The maximum absolute atomic E-state index is 12.3. The highest BCUT2D eigenvalue weighted by Gasteiger charge is 2.10. The van der Waals surface area contributed by atoms with Gasteiger partial charge in [0, 0.05) is 18.0 Å². The minimum atomic E-state index is 0.106. The zero-order valence-corrected chi connectivity index (χ0v) is 11.6. The summed E-state index contributed by atoms with van der Waals surface area (Å²) in [5, 5.41) is 2.37. The van der Waals surface area contributed by atoms with Crippen LogP contribution in [-0.4, -0.2) is 15.3 Å². The average Bonchev–Trinajstić information content (AvgIpc) is 2.91. The summed E-state index contributed by atoms with van der Waals surface area (Å²) < 4.78 is 1.79. The largest absolute Gasteiger partial charge is 0.330 e. The Morgan fingerprint density at radius 3 is 2.80 bits per heavy atom. The van der Waals surface area contributed by atoms with Gasteiger partial charge in [-0.1, -0.05) is 18.2 Å². The van der Waals surface area contributed by atoms with Crippen LogP contribution in [-0.2, 0) is 6.54 Å². The van der Waals surface area contributed by atoms with Gasteiger partial charge in [0.15, 0.2) is 5.78 Å². The second-order valence-electron chi connectivity index (χ2n) is 5.12. The van der Waals surface area contributed by atoms with E-state index in [0.29, 0.717) is 6.54 Å². The second-order valence-corrected chi connectivity index (χ2v) is 5.12. The van der Waals surface area contributed by atoms with Crippen molar-refractivity contribution in [1.82, 2.24) is 9.55 Å². The first kappa shape index (κ1) is 12.6. The fourth-order valence-corrected chi connectivity index (χ4v) is 2.66. The number of Topliss-reactive ketones (excluding diaryl/α,β-unsaturated/α-hetero) is 1. The molecule has 0 aliphatic carbocycles. The van der Waals surface area contributed by atoms with E-state index in [9.17, 15) is 4.79 Å². The van der Waals surface area contributed by atoms with Gasteiger partial charge in [-0.3, -0.25) is 4.79 Å². The number of hydrogen-bond donors (Lipinski definition) is 0. The van der Waals surface area contributed by atoms with E-state index in [0.717, 1.165) is 16.5 Å². The number of nitrogens with zero attached hydrogens (tertiary/aromatic N) is 2. The molecule has 0 fully saturated rings. The van der Waals surface area contributed by atoms with E-state index < -0.39 is 0 Å². The fourth-order valence-electron chi connectivity index (χ4n) is 2.66. The average molecular weight is 264 g/mol. The van der Waals surface area contributed by atoms with Gasteiger partial charge in [-0.15, -0.1) is 0 Å². The Hall–Kier alpha value is -2.42. The van der Waals surface area contributed by atoms with Crippen molar-refractivity contribution in [1.29, 1.82) is 0 Å². The van der Waals surface area contributed by atoms with Crippen molar-refractivity contribution >= 4 is 16.6 Å². The molecule has 100 valence electrons. The van der Waals surface area contributed by atoms with Crippen LogP contribution in [0.3, 0.4) is 0 Å². The summed E-state index contributed by atoms with van der Waals surface area (Å²) >= 11 is 0. The van der Waals surface area contributed by atoms with Crippen LogP contribution < -0.4 is 0 Å². The molecule has 1 aromatic heterocycles. The number of aryl methyl sites for hydroxylation is 2. The molecule has 2 aromatic carbocycles. The van der Waals surface area contributed by atoms with E-state index in [2.05, 4.69) is 31.0 Å². The molecular weight excluding hydrogens is 248 g/mol. The molecule has 0 spiro atoms. The van der Waals surface area contributed by atoms with E-state index in [4.69, 9.17) is 0 Å². The Kier molecular flexibility index (Phi) is 3.11. The van der Waals surface area contributed by atoms with Crippen molar-refractivity contribution in [2.75, 3.05) is 0 Å². The molecule has 0 unspecified atom stereocenters. The summed E-state index contributed by atoms with van der Waals surface area (Å²) in [5.74, 6) is 0.106. The Bertz CT molecular complexity index is 773. The third-order valence-corrected chi connectivity index (χ3v) is 3.59. The molecule has 0 radical (unpaired) electrons. The Balaban J connectivity index is 2.02. The number of ketones is 1. The molecule has 3 nitrogen and oxygen atoms in total. The van der Waals surface area contributed by atoms with Crippen LogP contribution in [0.25, 0.3) is 10.8 Å². The lowest BCUT2D eigenvalue weighted by Crippen LogP contribution is -2.09. The molecule has 0 aliphatic rings. The highest BCUT2D eigenvalue weighted by atomic mass is 16.1. The third-order valence-electron chi connectivity index (χ3n) is 3.59. The number of imidazole rings is 1. The lowest BCUT2D eigenvalue weighted by atomic mass is 9.96. The standard InChI is InChI=1S/C17H16N2O/c1-12-4-3-5-14-9-15(8-13(2)17(12)14)16(20)10-19-7-6-18-11-19/h3-9,11H,10H2,1-2H3. The molecule has 0 atom stereocenters. The molecule has 0 bridgehead atoms. The van der Waals surface area contributed by atoms with Crippen LogP contribution in [0.2, 0.25) is 0 Å². The number of rotatable bonds is 3. The summed E-state index contributed by atoms with van der Waals surface area (Å²) in [6.45, 7) is 4.49. The molecule has 0 saturated heterocycles. The van der Waals surface area contributed by atoms with Crippen LogP contribution in [0.15, 0.2) is 49.1 Å². The normalized spacial score (nSPS) is 10.9. The molecule has 1 heterocycles. The highest BCUT2D eigenvalue weighted by Crippen LogP contribution is 2.24. The molecule has 20 heavy (non-hydrogen) atoms. The van der Waals surface area contributed by atoms with Gasteiger partial charge in [-0.25, -0.2) is 4.98 Å². The van der Waals surface area contributed by atoms with E-state index >= 15 is 0 Å². The minimum absolute atomic E-state index is 0.106. The first-order chi connectivity index (χ1) is 9.65. The number of aromatic nitrogens is 2. The Morgan fingerprint density at radius 1 is 1.20 bits per heavy atom. The van der Waals surface area contributed by atoms with Crippen molar-refractivity contribution in [3.63, 3.8) is 0 Å². The zero-order valence-electron chi connectivity index (χ0n) is 11.6. The first-order valence-corrected chi connectivity index (χ1v) is 6.64. The van der Waals surface area contributed by atoms with Crippen LogP contribution in [0.1, 0.15) is 21.5 Å². The van der Waals surface area contributed by atoms with E-state index in [1.54, 1.807) is 23.3 Å². The Labute approximate surface area is 117 Å². The zero-order chi connectivity index (χ0) is 14.1. The van der Waals surface area contributed by atoms with Gasteiger partial charge in [0.1, 0.15) is 0 Å². The summed E-state index contributed by atoms with van der Waals surface area (Å²) in [6.07, 6.45) is 5.15. The van der Waals surface area contributed by atoms with Crippen LogP contribution >= 0.6 is 0 Å². The fraction of sp³-hybridized carbons (Fsp3) is 0.176. The smallest absolute Gasteiger partial charge is 0.182 e. The first-order valence-electron chi connectivity index (χ1n) is 6.64. The quantitative estimate of drug-likeness (QED) is 0.678. The molecule has 0 N–H and O–H groups in total. The summed E-state index contributed by atoms with van der Waals surface area (Å²) in [7, 11) is 0. The monoisotopic (exact) mass is 264 g/mol. The van der Waals surface area contributed by atoms with Crippen molar-refractivity contribution in [3.05, 3.63) is 65.7 Å². The Morgan fingerprint density at radius 2 is 2.05 bits per heavy atom. The molecule has 0 amide bonds. The van der Waals surface area contributed by atoms with E-state index in [1.807, 2.05) is 18.2 Å². The molecule has 3 heteroatoms. The molecule has 3 aromatic rings. The van der Waals surface area contributed by atoms with Crippen molar-refractivity contribution < 1.29 is 4.79 Å². The summed E-state index contributed by atoms with van der Waals surface area (Å²) in [4.78, 5) is 16.3. The molecule has 0 saturated carbocycles. The lowest BCUT2D eigenvalue weighted by molar-refractivity contribution is 0.0972. The molecule has 0 aliphatic heterocycles. The predicted molar refractivity (Wildman–Crippen MR) is 80.0 cm³/mol. The molecular formula is C17H16N2O. The highest BCUT2D eigenvalue weighted by molar-refractivity contribution is 6.01. The van der Waals surface area contributed by atoms with Gasteiger partial charge in [0.2, 0.25) is 0 Å². The van der Waals surface area contributed by atoms with Crippen molar-refractivity contribution in [2.24, 2.45) is 0 Å². The molecule has 3 rings (SSSR count). The maximum Gasteiger partial charge on any atom is 0.182 e. The predicted octanol–water partition coefficient (Wildman–Crippen LogP) is 3.54. The number of carbonyl (C=O) groups excluding carboxylic acids is 1. The number of fused-ring (bicyclic) bond motifs is 1. The van der Waals surface area contributed by atoms with Gasteiger partial charge in [-0.2, -0.15) is 0 Å². The second kappa shape index (κ2) is 4.93. The van der Waals surface area contributed by atoms with E-state index in [-0.39, 0.29) is 5.78 Å². The topological polar surface area (TPSA) is 34.9 Å². The van der Waals surface area contributed by atoms with Gasteiger partial charge >= 0.3 is 0 Å². The van der Waals surface area contributed by atoms with Crippen LogP contribution in [0.4, 0.5) is 0 Å². The number of hydrogen-bond acceptors (Lipinski definition) is 2. The summed E-state index contributed by atoms with van der Waals surface area (Å²) in [6, 6.07) is 10.1. The third kappa shape index (κ3) is 2.23. The number of carbonyl (C=O) groups is 1. The van der Waals surface area contributed by atoms with Gasteiger partial charge in [-0.05, 0) is 47.9 Å². The van der Waals surface area contributed by atoms with Crippen LogP contribution in [0.5, 0.6) is 0 Å². The van der Waals surface area contributed by atoms with Gasteiger partial charge < -0.3 is 4.57 Å². The summed E-state index contributed by atoms with van der Waals surface area (Å²) in [5.41, 5.74) is 3.15. The maximum atomic E-state index is 12.3. The SMILES string of the molecule is Cc1cccc2cc(C(=O)Cn3ccnc3)cc(C)c12. The number of benzene rings is 2. The van der Waals surface area contributed by atoms with E-state index in [1.165, 1.54) is 10.9 Å². The van der Waals surface area contributed by atoms with Gasteiger partial charge in [0.25, 0.3) is 0 Å². The lowest BCUT2D eigenvalue weighted by Gasteiger charge is -2.09.